The SMILES string of the molecule is COc1cc(CC2CN(C)CCC2O)cc(N)c1OC(C)C. The molecule has 124 valence electrons. The van der Waals surface area contributed by atoms with E-state index in [0.717, 1.165) is 31.5 Å². The van der Waals surface area contributed by atoms with Crippen LogP contribution in [0.15, 0.2) is 12.1 Å². The van der Waals surface area contributed by atoms with E-state index in [2.05, 4.69) is 11.9 Å². The number of anilines is 1. The molecule has 5 nitrogen and oxygen atoms in total. The van der Waals surface area contributed by atoms with E-state index in [9.17, 15) is 5.11 Å². The number of aliphatic hydroxyl groups excluding tert-OH is 1. The Balaban J connectivity index is 2.19. The molecule has 1 aromatic rings. The normalized spacial score (nSPS) is 22.8. The maximum absolute atomic E-state index is 10.2. The third kappa shape index (κ3) is 4.05. The van der Waals surface area contributed by atoms with Gasteiger partial charge in [0.25, 0.3) is 0 Å². The van der Waals surface area contributed by atoms with Crippen LogP contribution in [0.2, 0.25) is 0 Å². The van der Waals surface area contributed by atoms with Gasteiger partial charge in [0.2, 0.25) is 0 Å². The predicted octanol–water partition coefficient (Wildman–Crippen LogP) is 1.92. The Hall–Kier alpha value is -1.46. The fourth-order valence-electron chi connectivity index (χ4n) is 3.02. The van der Waals surface area contributed by atoms with E-state index in [-0.39, 0.29) is 18.1 Å². The summed E-state index contributed by atoms with van der Waals surface area (Å²) in [6, 6.07) is 3.90. The van der Waals surface area contributed by atoms with E-state index in [1.807, 2.05) is 26.0 Å². The van der Waals surface area contributed by atoms with Gasteiger partial charge in [0.15, 0.2) is 11.5 Å². The molecular formula is C17H28N2O3. The number of likely N-dealkylation sites (tertiary alicyclic amines) is 1. The number of methoxy groups -OCH3 is 1. The monoisotopic (exact) mass is 308 g/mol. The maximum atomic E-state index is 10.2. The first-order valence-corrected chi connectivity index (χ1v) is 7.90. The zero-order valence-electron chi connectivity index (χ0n) is 14.0. The minimum atomic E-state index is -0.255. The number of piperidine rings is 1. The van der Waals surface area contributed by atoms with Crippen LogP contribution >= 0.6 is 0 Å². The van der Waals surface area contributed by atoms with Crippen LogP contribution in [-0.2, 0) is 6.42 Å². The molecule has 0 radical (unpaired) electrons. The highest BCUT2D eigenvalue weighted by molar-refractivity contribution is 5.62. The molecule has 5 heteroatoms. The Morgan fingerprint density at radius 3 is 2.77 bits per heavy atom. The van der Waals surface area contributed by atoms with Crippen LogP contribution in [0.1, 0.15) is 25.8 Å². The average Bonchev–Trinajstić information content (AvgIpc) is 2.45. The van der Waals surface area contributed by atoms with Crippen LogP contribution in [0.5, 0.6) is 11.5 Å². The van der Waals surface area contributed by atoms with Crippen LogP contribution in [0.3, 0.4) is 0 Å². The summed E-state index contributed by atoms with van der Waals surface area (Å²) in [5, 5.41) is 10.2. The lowest BCUT2D eigenvalue weighted by atomic mass is 9.88. The highest BCUT2D eigenvalue weighted by Gasteiger charge is 2.26. The summed E-state index contributed by atoms with van der Waals surface area (Å²) in [5.41, 5.74) is 7.79. The Labute approximate surface area is 133 Å². The molecule has 2 rings (SSSR count). The van der Waals surface area contributed by atoms with E-state index in [1.54, 1.807) is 7.11 Å². The van der Waals surface area contributed by atoms with E-state index in [1.165, 1.54) is 0 Å². The van der Waals surface area contributed by atoms with Gasteiger partial charge < -0.3 is 25.2 Å². The van der Waals surface area contributed by atoms with Crippen molar-refractivity contribution in [1.29, 1.82) is 0 Å². The van der Waals surface area contributed by atoms with Gasteiger partial charge >= 0.3 is 0 Å². The number of nitrogens with two attached hydrogens (primary N) is 1. The maximum Gasteiger partial charge on any atom is 0.184 e. The molecule has 22 heavy (non-hydrogen) atoms. The zero-order chi connectivity index (χ0) is 16.3. The smallest absolute Gasteiger partial charge is 0.184 e. The van der Waals surface area contributed by atoms with Crippen molar-refractivity contribution in [3.63, 3.8) is 0 Å². The van der Waals surface area contributed by atoms with Gasteiger partial charge in [0.1, 0.15) is 0 Å². The molecule has 0 amide bonds. The van der Waals surface area contributed by atoms with Crippen molar-refractivity contribution in [3.8, 4) is 11.5 Å². The quantitative estimate of drug-likeness (QED) is 0.814. The average molecular weight is 308 g/mol. The molecule has 0 bridgehead atoms. The van der Waals surface area contributed by atoms with E-state index in [4.69, 9.17) is 15.2 Å². The molecule has 0 spiro atoms. The first-order valence-electron chi connectivity index (χ1n) is 7.90. The van der Waals surface area contributed by atoms with Crippen molar-refractivity contribution in [2.75, 3.05) is 33.0 Å². The molecule has 2 atom stereocenters. The summed E-state index contributed by atoms with van der Waals surface area (Å²) in [4.78, 5) is 2.26. The van der Waals surface area contributed by atoms with E-state index < -0.39 is 0 Å². The fraction of sp³-hybridized carbons (Fsp3) is 0.647. The summed E-state index contributed by atoms with van der Waals surface area (Å²) >= 11 is 0. The number of ether oxygens (including phenoxy) is 2. The van der Waals surface area contributed by atoms with Gasteiger partial charge in [-0.05, 0) is 51.4 Å². The van der Waals surface area contributed by atoms with Gasteiger partial charge in [0, 0.05) is 19.0 Å². The molecule has 1 heterocycles. The molecule has 0 aromatic heterocycles. The predicted molar refractivity (Wildman–Crippen MR) is 88.5 cm³/mol. The van der Waals surface area contributed by atoms with E-state index in [0.29, 0.717) is 17.2 Å². The summed E-state index contributed by atoms with van der Waals surface area (Å²) in [6.07, 6.45) is 1.39. The Morgan fingerprint density at radius 1 is 1.41 bits per heavy atom. The number of benzene rings is 1. The molecule has 0 aliphatic carbocycles. The first-order chi connectivity index (χ1) is 10.4. The van der Waals surface area contributed by atoms with Crippen molar-refractivity contribution in [2.45, 2.75) is 38.9 Å². The van der Waals surface area contributed by atoms with Crippen molar-refractivity contribution in [2.24, 2.45) is 5.92 Å². The lowest BCUT2D eigenvalue weighted by Crippen LogP contribution is -2.41. The second-order valence-electron chi connectivity index (χ2n) is 6.47. The highest BCUT2D eigenvalue weighted by Crippen LogP contribution is 2.36. The molecule has 1 aliphatic heterocycles. The van der Waals surface area contributed by atoms with Gasteiger partial charge in [-0.2, -0.15) is 0 Å². The third-order valence-electron chi connectivity index (χ3n) is 4.11. The summed E-state index contributed by atoms with van der Waals surface area (Å²) < 4.78 is 11.2. The number of hydrogen-bond donors (Lipinski definition) is 2. The van der Waals surface area contributed by atoms with Crippen molar-refractivity contribution < 1.29 is 14.6 Å². The Kier molecular flexibility index (Phi) is 5.53. The molecule has 1 aromatic carbocycles. The second-order valence-corrected chi connectivity index (χ2v) is 6.47. The van der Waals surface area contributed by atoms with Crippen LogP contribution in [0.4, 0.5) is 5.69 Å². The second kappa shape index (κ2) is 7.20. The number of hydrogen-bond acceptors (Lipinski definition) is 5. The molecule has 2 unspecified atom stereocenters. The molecule has 0 saturated carbocycles. The van der Waals surface area contributed by atoms with Gasteiger partial charge in [0.05, 0.1) is 25.0 Å². The number of aliphatic hydroxyl groups is 1. The third-order valence-corrected chi connectivity index (χ3v) is 4.11. The lowest BCUT2D eigenvalue weighted by Gasteiger charge is -2.34. The Morgan fingerprint density at radius 2 is 2.14 bits per heavy atom. The van der Waals surface area contributed by atoms with Crippen molar-refractivity contribution in [3.05, 3.63) is 17.7 Å². The highest BCUT2D eigenvalue weighted by atomic mass is 16.5. The zero-order valence-corrected chi connectivity index (χ0v) is 14.0. The van der Waals surface area contributed by atoms with E-state index >= 15 is 0 Å². The van der Waals surface area contributed by atoms with Crippen molar-refractivity contribution >= 4 is 5.69 Å². The first kappa shape index (κ1) is 16.9. The minimum Gasteiger partial charge on any atom is -0.493 e. The summed E-state index contributed by atoms with van der Waals surface area (Å²) in [5.74, 6) is 1.48. The number of rotatable bonds is 5. The van der Waals surface area contributed by atoms with Gasteiger partial charge in [-0.15, -0.1) is 0 Å². The largest absolute Gasteiger partial charge is 0.493 e. The summed E-state index contributed by atoms with van der Waals surface area (Å²) in [6.45, 7) is 5.76. The summed E-state index contributed by atoms with van der Waals surface area (Å²) in [7, 11) is 3.71. The minimum absolute atomic E-state index is 0.0378. The van der Waals surface area contributed by atoms with Crippen LogP contribution in [0, 0.1) is 5.92 Å². The van der Waals surface area contributed by atoms with Crippen LogP contribution in [0.25, 0.3) is 0 Å². The topological polar surface area (TPSA) is 68.0 Å². The molecule has 3 N–H and O–H groups in total. The van der Waals surface area contributed by atoms with Gasteiger partial charge in [-0.1, -0.05) is 0 Å². The number of nitrogen functional groups attached to an aromatic ring is 1. The van der Waals surface area contributed by atoms with Gasteiger partial charge in [-0.25, -0.2) is 0 Å². The number of nitrogens with zero attached hydrogens (tertiary/aromatic N) is 1. The standard InChI is InChI=1S/C17H28N2O3/c1-11(2)22-17-14(18)8-12(9-16(17)21-4)7-13-10-19(3)6-5-15(13)20/h8-9,11,13,15,20H,5-7,10,18H2,1-4H3. The Bertz CT molecular complexity index is 505. The molecule has 1 aliphatic rings. The fourth-order valence-corrected chi connectivity index (χ4v) is 3.02. The lowest BCUT2D eigenvalue weighted by molar-refractivity contribution is 0.0366. The van der Waals surface area contributed by atoms with Gasteiger partial charge in [-0.3, -0.25) is 0 Å². The van der Waals surface area contributed by atoms with Crippen LogP contribution in [-0.4, -0.2) is 49.5 Å². The van der Waals surface area contributed by atoms with Crippen LogP contribution < -0.4 is 15.2 Å². The van der Waals surface area contributed by atoms with Crippen molar-refractivity contribution in [1.82, 2.24) is 4.90 Å². The molecule has 1 fully saturated rings. The molecular weight excluding hydrogens is 280 g/mol. The molecule has 1 saturated heterocycles.